The standard InChI is InChI=1S/C24H32N2O/c1-25(21-8-4-3-5-9-21)22-13-11-20(12-14-22)18-26-17-7-16-24(19-26)15-6-10-23(24)27-2/h3-5,8-9,11-14,23H,6-7,10,15-19H2,1-2H3/t23-,24-/m1/s1. The number of rotatable bonds is 5. The van der Waals surface area contributed by atoms with Crippen LogP contribution in [0.1, 0.15) is 37.7 Å². The fourth-order valence-electron chi connectivity index (χ4n) is 5.22. The first-order chi connectivity index (χ1) is 13.2. The Morgan fingerprint density at radius 1 is 1.00 bits per heavy atom. The molecule has 0 unspecified atom stereocenters. The summed E-state index contributed by atoms with van der Waals surface area (Å²) in [5, 5.41) is 0. The molecule has 1 aliphatic heterocycles. The molecule has 1 heterocycles. The summed E-state index contributed by atoms with van der Waals surface area (Å²) in [6.45, 7) is 3.45. The number of methoxy groups -OCH3 is 1. The second-order valence-corrected chi connectivity index (χ2v) is 8.35. The zero-order chi connectivity index (χ0) is 18.7. The number of likely N-dealkylation sites (tertiary alicyclic amines) is 1. The van der Waals surface area contributed by atoms with Crippen molar-refractivity contribution in [1.29, 1.82) is 0 Å². The quantitative estimate of drug-likeness (QED) is 0.722. The maximum atomic E-state index is 5.85. The van der Waals surface area contributed by atoms with Crippen LogP contribution in [0.5, 0.6) is 0 Å². The Kier molecular flexibility index (Phi) is 5.51. The topological polar surface area (TPSA) is 15.7 Å². The van der Waals surface area contributed by atoms with Gasteiger partial charge in [0.2, 0.25) is 0 Å². The van der Waals surface area contributed by atoms with E-state index in [0.717, 1.165) is 6.54 Å². The molecule has 0 radical (unpaired) electrons. The average Bonchev–Trinajstić information content (AvgIpc) is 3.10. The molecule has 0 amide bonds. The van der Waals surface area contributed by atoms with E-state index in [2.05, 4.69) is 71.4 Å². The number of piperidine rings is 1. The SMILES string of the molecule is CO[C@@H]1CCC[C@]12CCCN(Cc1ccc(N(C)c3ccccc3)cc1)C2. The summed E-state index contributed by atoms with van der Waals surface area (Å²) in [5.41, 5.74) is 4.26. The summed E-state index contributed by atoms with van der Waals surface area (Å²) >= 11 is 0. The monoisotopic (exact) mass is 364 g/mol. The van der Waals surface area contributed by atoms with Crippen molar-refractivity contribution < 1.29 is 4.74 Å². The zero-order valence-corrected chi connectivity index (χ0v) is 16.7. The van der Waals surface area contributed by atoms with Gasteiger partial charge in [-0.05, 0) is 62.1 Å². The van der Waals surface area contributed by atoms with Gasteiger partial charge < -0.3 is 9.64 Å². The molecule has 3 heteroatoms. The van der Waals surface area contributed by atoms with Crippen LogP contribution in [-0.4, -0.2) is 38.3 Å². The summed E-state index contributed by atoms with van der Waals surface area (Å²) in [5.74, 6) is 0. The lowest BCUT2D eigenvalue weighted by molar-refractivity contribution is -0.0366. The lowest BCUT2D eigenvalue weighted by Crippen LogP contribution is -2.47. The molecule has 2 atom stereocenters. The third-order valence-electron chi connectivity index (χ3n) is 6.67. The minimum Gasteiger partial charge on any atom is -0.381 e. The maximum absolute atomic E-state index is 5.85. The molecule has 27 heavy (non-hydrogen) atoms. The van der Waals surface area contributed by atoms with Crippen LogP contribution in [0.4, 0.5) is 11.4 Å². The first-order valence-electron chi connectivity index (χ1n) is 10.3. The fourth-order valence-corrected chi connectivity index (χ4v) is 5.22. The van der Waals surface area contributed by atoms with E-state index in [4.69, 9.17) is 4.74 Å². The first kappa shape index (κ1) is 18.5. The lowest BCUT2D eigenvalue weighted by atomic mass is 9.76. The van der Waals surface area contributed by atoms with Crippen LogP contribution in [0.15, 0.2) is 54.6 Å². The Morgan fingerprint density at radius 2 is 1.70 bits per heavy atom. The molecule has 1 spiro atoms. The van der Waals surface area contributed by atoms with Crippen molar-refractivity contribution >= 4 is 11.4 Å². The molecule has 2 aliphatic rings. The minimum atomic E-state index is 0.403. The van der Waals surface area contributed by atoms with Gasteiger partial charge in [0.1, 0.15) is 0 Å². The Hall–Kier alpha value is -1.84. The molecule has 2 fully saturated rings. The van der Waals surface area contributed by atoms with Crippen LogP contribution < -0.4 is 4.90 Å². The number of anilines is 2. The van der Waals surface area contributed by atoms with E-state index in [1.54, 1.807) is 0 Å². The summed E-state index contributed by atoms with van der Waals surface area (Å²) < 4.78 is 5.85. The van der Waals surface area contributed by atoms with Gasteiger partial charge in [-0.15, -0.1) is 0 Å². The first-order valence-corrected chi connectivity index (χ1v) is 10.3. The van der Waals surface area contributed by atoms with Crippen molar-refractivity contribution in [2.75, 3.05) is 32.1 Å². The highest BCUT2D eigenvalue weighted by atomic mass is 16.5. The molecule has 0 bridgehead atoms. The fraction of sp³-hybridized carbons (Fsp3) is 0.500. The minimum absolute atomic E-state index is 0.403. The van der Waals surface area contributed by atoms with Gasteiger partial charge in [-0.2, -0.15) is 0 Å². The van der Waals surface area contributed by atoms with Crippen LogP contribution in [0.25, 0.3) is 0 Å². The van der Waals surface area contributed by atoms with E-state index in [-0.39, 0.29) is 0 Å². The third kappa shape index (κ3) is 3.90. The molecule has 2 aromatic carbocycles. The van der Waals surface area contributed by atoms with Crippen LogP contribution in [0.3, 0.4) is 0 Å². The molecule has 1 aliphatic carbocycles. The Bertz CT molecular complexity index is 730. The van der Waals surface area contributed by atoms with Crippen molar-refractivity contribution in [1.82, 2.24) is 4.90 Å². The largest absolute Gasteiger partial charge is 0.381 e. The second kappa shape index (κ2) is 8.04. The summed E-state index contributed by atoms with van der Waals surface area (Å²) in [6, 6.07) is 19.6. The average molecular weight is 365 g/mol. The summed E-state index contributed by atoms with van der Waals surface area (Å²) in [4.78, 5) is 4.89. The van der Waals surface area contributed by atoms with E-state index >= 15 is 0 Å². The molecule has 0 N–H and O–H groups in total. The smallest absolute Gasteiger partial charge is 0.0639 e. The molecular weight excluding hydrogens is 332 g/mol. The number of hydrogen-bond donors (Lipinski definition) is 0. The Labute approximate surface area is 163 Å². The highest BCUT2D eigenvalue weighted by molar-refractivity contribution is 5.62. The predicted molar refractivity (Wildman–Crippen MR) is 113 cm³/mol. The molecule has 3 nitrogen and oxygen atoms in total. The zero-order valence-electron chi connectivity index (χ0n) is 16.7. The molecule has 0 aromatic heterocycles. The van der Waals surface area contributed by atoms with Crippen LogP contribution in [-0.2, 0) is 11.3 Å². The number of benzene rings is 2. The van der Waals surface area contributed by atoms with Gasteiger partial charge in [-0.3, -0.25) is 4.90 Å². The number of hydrogen-bond acceptors (Lipinski definition) is 3. The van der Waals surface area contributed by atoms with Gasteiger partial charge >= 0.3 is 0 Å². The second-order valence-electron chi connectivity index (χ2n) is 8.35. The molecule has 1 saturated heterocycles. The van der Waals surface area contributed by atoms with Crippen LogP contribution >= 0.6 is 0 Å². The molecule has 1 saturated carbocycles. The number of nitrogens with zero attached hydrogens (tertiary/aromatic N) is 2. The summed E-state index contributed by atoms with van der Waals surface area (Å²) in [6.07, 6.45) is 7.00. The number of ether oxygens (including phenoxy) is 1. The van der Waals surface area contributed by atoms with Gasteiger partial charge in [-0.1, -0.05) is 36.8 Å². The predicted octanol–water partition coefficient (Wildman–Crippen LogP) is 5.24. The molecular formula is C24H32N2O. The van der Waals surface area contributed by atoms with Gasteiger partial charge in [-0.25, -0.2) is 0 Å². The number of para-hydroxylation sites is 1. The van der Waals surface area contributed by atoms with E-state index in [1.165, 1.54) is 62.1 Å². The van der Waals surface area contributed by atoms with Crippen LogP contribution in [0.2, 0.25) is 0 Å². The Balaban J connectivity index is 1.41. The van der Waals surface area contributed by atoms with Gasteiger partial charge in [0.15, 0.2) is 0 Å². The molecule has 144 valence electrons. The third-order valence-corrected chi connectivity index (χ3v) is 6.67. The van der Waals surface area contributed by atoms with E-state index < -0.39 is 0 Å². The van der Waals surface area contributed by atoms with Gasteiger partial charge in [0.25, 0.3) is 0 Å². The summed E-state index contributed by atoms with van der Waals surface area (Å²) in [7, 11) is 4.03. The molecule has 2 aromatic rings. The highest BCUT2D eigenvalue weighted by Crippen LogP contribution is 2.46. The Morgan fingerprint density at radius 3 is 2.44 bits per heavy atom. The highest BCUT2D eigenvalue weighted by Gasteiger charge is 2.45. The van der Waals surface area contributed by atoms with E-state index in [0.29, 0.717) is 11.5 Å². The van der Waals surface area contributed by atoms with Crippen molar-refractivity contribution in [2.24, 2.45) is 5.41 Å². The lowest BCUT2D eigenvalue weighted by Gasteiger charge is -2.43. The maximum Gasteiger partial charge on any atom is 0.0639 e. The van der Waals surface area contributed by atoms with Crippen molar-refractivity contribution in [2.45, 2.75) is 44.8 Å². The van der Waals surface area contributed by atoms with E-state index in [1.807, 2.05) is 7.11 Å². The van der Waals surface area contributed by atoms with Crippen molar-refractivity contribution in [3.8, 4) is 0 Å². The normalized spacial score (nSPS) is 25.8. The van der Waals surface area contributed by atoms with Gasteiger partial charge in [0.05, 0.1) is 6.10 Å². The molecule has 4 rings (SSSR count). The van der Waals surface area contributed by atoms with Crippen molar-refractivity contribution in [3.63, 3.8) is 0 Å². The van der Waals surface area contributed by atoms with Crippen LogP contribution in [0, 0.1) is 5.41 Å². The van der Waals surface area contributed by atoms with E-state index in [9.17, 15) is 0 Å². The van der Waals surface area contributed by atoms with Gasteiger partial charge in [0, 0.05) is 44.0 Å². The van der Waals surface area contributed by atoms with Crippen molar-refractivity contribution in [3.05, 3.63) is 60.2 Å².